The second-order valence-corrected chi connectivity index (χ2v) is 7.09. The molecule has 0 spiro atoms. The fourth-order valence-corrected chi connectivity index (χ4v) is 2.36. The van der Waals surface area contributed by atoms with Gasteiger partial charge >= 0.3 is 0 Å². The number of hydrogen-bond acceptors (Lipinski definition) is 2. The first-order chi connectivity index (χ1) is 7.69. The van der Waals surface area contributed by atoms with Crippen molar-refractivity contribution in [3.05, 3.63) is 28.6 Å². The van der Waals surface area contributed by atoms with Crippen molar-refractivity contribution in [3.63, 3.8) is 0 Å². The highest BCUT2D eigenvalue weighted by Gasteiger charge is 2.29. The van der Waals surface area contributed by atoms with Crippen molar-refractivity contribution in [3.8, 4) is 0 Å². The van der Waals surface area contributed by atoms with Gasteiger partial charge in [0, 0.05) is 24.2 Å². The molecule has 0 radical (unpaired) electrons. The Morgan fingerprint density at radius 1 is 1.00 bits per heavy atom. The van der Waals surface area contributed by atoms with Crippen molar-refractivity contribution in [1.29, 1.82) is 0 Å². The lowest BCUT2D eigenvalue weighted by Crippen LogP contribution is -2.24. The Balaban J connectivity index is 2.64. The van der Waals surface area contributed by atoms with E-state index in [-0.39, 0.29) is 10.8 Å². The van der Waals surface area contributed by atoms with E-state index in [2.05, 4.69) is 52.9 Å². The number of nitrogens with one attached hydrogen (secondary N) is 1. The first-order valence-corrected chi connectivity index (χ1v) is 6.44. The van der Waals surface area contributed by atoms with Crippen LogP contribution in [0.1, 0.15) is 64.1 Å². The molecule has 17 heavy (non-hydrogen) atoms. The number of rotatable bonds is 0. The van der Waals surface area contributed by atoms with E-state index in [1.807, 2.05) is 0 Å². The lowest BCUT2D eigenvalue weighted by Gasteiger charge is -2.29. The number of nitrogens with zero attached hydrogens (tertiary/aromatic N) is 1. The summed E-state index contributed by atoms with van der Waals surface area (Å²) in [4.78, 5) is 4.93. The summed E-state index contributed by atoms with van der Waals surface area (Å²) < 4.78 is 0. The molecule has 0 bridgehead atoms. The largest absolute Gasteiger partial charge is 0.307 e. The van der Waals surface area contributed by atoms with Crippen molar-refractivity contribution in [2.45, 2.75) is 65.5 Å². The van der Waals surface area contributed by atoms with Gasteiger partial charge in [-0.15, -0.1) is 0 Å². The molecule has 1 N–H and O–H groups in total. The molecule has 0 saturated carbocycles. The average molecular weight is 232 g/mol. The van der Waals surface area contributed by atoms with Crippen LogP contribution in [0.4, 0.5) is 0 Å². The van der Waals surface area contributed by atoms with Gasteiger partial charge in [-0.3, -0.25) is 4.98 Å². The van der Waals surface area contributed by atoms with Gasteiger partial charge in [0.25, 0.3) is 0 Å². The lowest BCUT2D eigenvalue weighted by atomic mass is 9.77. The Hall–Kier alpha value is -0.890. The van der Waals surface area contributed by atoms with Crippen LogP contribution in [0.15, 0.2) is 6.07 Å². The summed E-state index contributed by atoms with van der Waals surface area (Å²) >= 11 is 0. The third-order valence-corrected chi connectivity index (χ3v) is 3.32. The summed E-state index contributed by atoms with van der Waals surface area (Å²) in [6, 6.07) is 2.36. The van der Waals surface area contributed by atoms with Crippen LogP contribution in [0.2, 0.25) is 0 Å². The lowest BCUT2D eigenvalue weighted by molar-refractivity contribution is 0.511. The zero-order valence-electron chi connectivity index (χ0n) is 11.9. The summed E-state index contributed by atoms with van der Waals surface area (Å²) in [6.07, 6.45) is 0. The van der Waals surface area contributed by atoms with Crippen LogP contribution in [0.3, 0.4) is 0 Å². The standard InChI is InChI=1S/C15H24N2/c1-14(2,3)11-7-10-8-16-9-12(10)17-13(11)15(4,5)6/h7,16H,8-9H2,1-6H3. The van der Waals surface area contributed by atoms with Crippen LogP contribution >= 0.6 is 0 Å². The van der Waals surface area contributed by atoms with Crippen LogP contribution in [0, 0.1) is 0 Å². The second-order valence-electron chi connectivity index (χ2n) is 7.09. The predicted molar refractivity (Wildman–Crippen MR) is 72.2 cm³/mol. The fourth-order valence-electron chi connectivity index (χ4n) is 2.36. The molecular weight excluding hydrogens is 208 g/mol. The minimum atomic E-state index is 0.111. The molecule has 2 nitrogen and oxygen atoms in total. The predicted octanol–water partition coefficient (Wildman–Crippen LogP) is 3.28. The quantitative estimate of drug-likeness (QED) is 0.742. The molecule has 2 heterocycles. The summed E-state index contributed by atoms with van der Waals surface area (Å²) in [7, 11) is 0. The number of hydrogen-bond donors (Lipinski definition) is 1. The molecule has 94 valence electrons. The van der Waals surface area contributed by atoms with Gasteiger partial charge in [-0.05, 0) is 16.5 Å². The normalized spacial score (nSPS) is 16.1. The van der Waals surface area contributed by atoms with Crippen molar-refractivity contribution in [2.75, 3.05) is 0 Å². The van der Waals surface area contributed by atoms with E-state index in [1.54, 1.807) is 0 Å². The van der Waals surface area contributed by atoms with Gasteiger partial charge in [-0.2, -0.15) is 0 Å². The van der Waals surface area contributed by atoms with Gasteiger partial charge < -0.3 is 5.32 Å². The Kier molecular flexibility index (Phi) is 2.81. The van der Waals surface area contributed by atoms with Crippen LogP contribution in [-0.4, -0.2) is 4.98 Å². The van der Waals surface area contributed by atoms with E-state index in [0.29, 0.717) is 0 Å². The summed E-state index contributed by atoms with van der Waals surface area (Å²) in [5.41, 5.74) is 5.54. The first kappa shape index (κ1) is 12.6. The number of pyridine rings is 1. The molecule has 2 rings (SSSR count). The molecule has 0 aromatic carbocycles. The fraction of sp³-hybridized carbons (Fsp3) is 0.667. The van der Waals surface area contributed by atoms with E-state index in [0.717, 1.165) is 13.1 Å². The minimum absolute atomic E-state index is 0.111. The Labute approximate surface area is 105 Å². The Morgan fingerprint density at radius 3 is 2.18 bits per heavy atom. The van der Waals surface area contributed by atoms with Gasteiger partial charge in [0.1, 0.15) is 0 Å². The third-order valence-electron chi connectivity index (χ3n) is 3.32. The van der Waals surface area contributed by atoms with Crippen molar-refractivity contribution >= 4 is 0 Å². The third kappa shape index (κ3) is 2.37. The van der Waals surface area contributed by atoms with E-state index in [1.165, 1.54) is 22.5 Å². The van der Waals surface area contributed by atoms with Crippen LogP contribution in [0.25, 0.3) is 0 Å². The van der Waals surface area contributed by atoms with E-state index in [9.17, 15) is 0 Å². The molecule has 2 heteroatoms. The van der Waals surface area contributed by atoms with Crippen LogP contribution in [0.5, 0.6) is 0 Å². The van der Waals surface area contributed by atoms with Gasteiger partial charge in [-0.25, -0.2) is 0 Å². The maximum Gasteiger partial charge on any atom is 0.0590 e. The average Bonchev–Trinajstić information content (AvgIpc) is 2.59. The van der Waals surface area contributed by atoms with Crippen LogP contribution in [-0.2, 0) is 23.9 Å². The summed E-state index contributed by atoms with van der Waals surface area (Å²) in [5.74, 6) is 0. The topological polar surface area (TPSA) is 24.9 Å². The van der Waals surface area contributed by atoms with Gasteiger partial charge in [0.05, 0.1) is 5.69 Å². The van der Waals surface area contributed by atoms with E-state index in [4.69, 9.17) is 4.98 Å². The second kappa shape index (κ2) is 3.81. The van der Waals surface area contributed by atoms with Gasteiger partial charge in [0.2, 0.25) is 0 Å². The molecule has 1 aliphatic rings. The summed E-state index contributed by atoms with van der Waals surface area (Å²) in [5, 5.41) is 3.38. The first-order valence-electron chi connectivity index (χ1n) is 6.44. The molecule has 1 aromatic rings. The van der Waals surface area contributed by atoms with Gasteiger partial charge in [-0.1, -0.05) is 47.6 Å². The molecule has 0 fully saturated rings. The smallest absolute Gasteiger partial charge is 0.0590 e. The zero-order valence-corrected chi connectivity index (χ0v) is 11.9. The highest BCUT2D eigenvalue weighted by Crippen LogP contribution is 2.34. The molecule has 1 aromatic heterocycles. The van der Waals surface area contributed by atoms with E-state index >= 15 is 0 Å². The molecule has 0 saturated heterocycles. The zero-order chi connectivity index (χ0) is 12.8. The molecule has 0 atom stereocenters. The van der Waals surface area contributed by atoms with Gasteiger partial charge in [0.15, 0.2) is 0 Å². The van der Waals surface area contributed by atoms with E-state index < -0.39 is 0 Å². The van der Waals surface area contributed by atoms with Crippen molar-refractivity contribution in [1.82, 2.24) is 10.3 Å². The number of aromatic nitrogens is 1. The van der Waals surface area contributed by atoms with Crippen molar-refractivity contribution in [2.24, 2.45) is 0 Å². The monoisotopic (exact) mass is 232 g/mol. The Bertz CT molecular complexity index is 392. The Morgan fingerprint density at radius 2 is 1.65 bits per heavy atom. The minimum Gasteiger partial charge on any atom is -0.307 e. The summed E-state index contributed by atoms with van der Waals surface area (Å²) in [6.45, 7) is 15.5. The maximum atomic E-state index is 4.93. The number of fused-ring (bicyclic) bond motifs is 1. The van der Waals surface area contributed by atoms with Crippen LogP contribution < -0.4 is 5.32 Å². The van der Waals surface area contributed by atoms with Crippen molar-refractivity contribution < 1.29 is 0 Å². The molecule has 1 aliphatic heterocycles. The molecule has 0 amide bonds. The maximum absolute atomic E-state index is 4.93. The molecule has 0 aliphatic carbocycles. The highest BCUT2D eigenvalue weighted by molar-refractivity contribution is 5.39. The molecular formula is C15H24N2. The SMILES string of the molecule is CC(C)(C)c1cc2c(nc1C(C)(C)C)CNC2. The molecule has 0 unspecified atom stereocenters. The highest BCUT2D eigenvalue weighted by atomic mass is 14.9.